The zero-order valence-electron chi connectivity index (χ0n) is 18.6. The molecule has 166 valence electrons. The Morgan fingerprint density at radius 3 is 2.24 bits per heavy atom. The van der Waals surface area contributed by atoms with Gasteiger partial charge in [0.25, 0.3) is 0 Å². The first kappa shape index (κ1) is 22.6. The third-order valence-corrected chi connectivity index (χ3v) is 7.33. The molecule has 33 heavy (non-hydrogen) atoms. The van der Waals surface area contributed by atoms with E-state index in [-0.39, 0.29) is 4.90 Å². The number of phenolic OH excluding ortho intramolecular Hbond substituents is 1. The highest BCUT2D eigenvalue weighted by Gasteiger charge is 2.16. The van der Waals surface area contributed by atoms with Crippen molar-refractivity contribution in [2.24, 2.45) is 0 Å². The number of benzene rings is 4. The van der Waals surface area contributed by atoms with Crippen LogP contribution < -0.4 is 0 Å². The average Bonchev–Trinajstić information content (AvgIpc) is 2.81. The molecule has 4 nitrogen and oxygen atoms in total. The Balaban J connectivity index is 1.52. The van der Waals surface area contributed by atoms with Crippen LogP contribution in [0.15, 0.2) is 89.8 Å². The van der Waals surface area contributed by atoms with Crippen molar-refractivity contribution in [3.8, 4) is 17.6 Å². The number of rotatable bonds is 5. The minimum Gasteiger partial charge on any atom is -0.508 e. The number of phenols is 1. The summed E-state index contributed by atoms with van der Waals surface area (Å²) in [5, 5.41) is 12.4. The standard InChI is InChI=1S/C28H25NO3S/c1-29(2)33(31,32)27-15-12-21(13-16-27)9-6-10-23-11-14-24-20-28(30)26(19-25(24)17-23)18-22-7-4-3-5-8-22/h3-5,7-8,11-17,19-20,30H,9,18H2,1-2H3. The van der Waals surface area contributed by atoms with Crippen LogP contribution in [0.5, 0.6) is 5.75 Å². The quantitative estimate of drug-likeness (QED) is 0.432. The SMILES string of the molecule is CN(C)S(=O)(=O)c1ccc(CC#Cc2ccc3cc(O)c(Cc4ccccc4)cc3c2)cc1. The molecule has 0 saturated heterocycles. The second-order valence-electron chi connectivity index (χ2n) is 8.12. The van der Waals surface area contributed by atoms with Gasteiger partial charge in [0.2, 0.25) is 10.0 Å². The van der Waals surface area contributed by atoms with E-state index in [0.29, 0.717) is 18.6 Å². The fraction of sp³-hybridized carbons (Fsp3) is 0.143. The highest BCUT2D eigenvalue weighted by Crippen LogP contribution is 2.27. The zero-order valence-corrected chi connectivity index (χ0v) is 19.4. The van der Waals surface area contributed by atoms with Crippen molar-refractivity contribution in [2.75, 3.05) is 14.1 Å². The molecule has 0 bridgehead atoms. The molecule has 0 amide bonds. The highest BCUT2D eigenvalue weighted by atomic mass is 32.2. The monoisotopic (exact) mass is 455 g/mol. The average molecular weight is 456 g/mol. The predicted molar refractivity (Wildman–Crippen MR) is 133 cm³/mol. The molecule has 0 aliphatic carbocycles. The van der Waals surface area contributed by atoms with Gasteiger partial charge in [0.15, 0.2) is 0 Å². The summed E-state index contributed by atoms with van der Waals surface area (Å²) in [6.45, 7) is 0. The van der Waals surface area contributed by atoms with Crippen molar-refractivity contribution in [3.05, 3.63) is 107 Å². The van der Waals surface area contributed by atoms with Gasteiger partial charge >= 0.3 is 0 Å². The summed E-state index contributed by atoms with van der Waals surface area (Å²) in [5.74, 6) is 6.66. The van der Waals surface area contributed by atoms with Gasteiger partial charge in [-0.05, 0) is 63.9 Å². The molecule has 0 aliphatic heterocycles. The van der Waals surface area contributed by atoms with Gasteiger partial charge in [-0.15, -0.1) is 0 Å². The van der Waals surface area contributed by atoms with Crippen LogP contribution in [-0.2, 0) is 22.9 Å². The smallest absolute Gasteiger partial charge is 0.242 e. The summed E-state index contributed by atoms with van der Waals surface area (Å²) in [6.07, 6.45) is 1.19. The summed E-state index contributed by atoms with van der Waals surface area (Å²) in [6, 6.07) is 26.7. The second-order valence-corrected chi connectivity index (χ2v) is 10.3. The Hall–Kier alpha value is -3.59. The van der Waals surface area contributed by atoms with E-state index in [1.54, 1.807) is 30.3 Å². The van der Waals surface area contributed by atoms with Crippen LogP contribution in [0.4, 0.5) is 0 Å². The minimum absolute atomic E-state index is 0.272. The van der Waals surface area contributed by atoms with E-state index in [1.165, 1.54) is 18.4 Å². The molecule has 0 saturated carbocycles. The Morgan fingerprint density at radius 1 is 0.818 bits per heavy atom. The number of fused-ring (bicyclic) bond motifs is 1. The van der Waals surface area contributed by atoms with Gasteiger partial charge in [-0.3, -0.25) is 0 Å². The van der Waals surface area contributed by atoms with Gasteiger partial charge in [0, 0.05) is 32.5 Å². The van der Waals surface area contributed by atoms with Gasteiger partial charge < -0.3 is 5.11 Å². The van der Waals surface area contributed by atoms with E-state index in [2.05, 4.69) is 11.8 Å². The molecule has 0 aromatic heterocycles. The largest absolute Gasteiger partial charge is 0.508 e. The zero-order chi connectivity index (χ0) is 23.4. The minimum atomic E-state index is -3.43. The van der Waals surface area contributed by atoms with E-state index in [4.69, 9.17) is 0 Å². The van der Waals surface area contributed by atoms with Gasteiger partial charge in [0.1, 0.15) is 5.75 Å². The highest BCUT2D eigenvalue weighted by molar-refractivity contribution is 7.89. The van der Waals surface area contributed by atoms with Crippen LogP contribution in [0.25, 0.3) is 10.8 Å². The Labute approximate surface area is 195 Å². The molecule has 0 spiro atoms. The van der Waals surface area contributed by atoms with E-state index < -0.39 is 10.0 Å². The van der Waals surface area contributed by atoms with Crippen LogP contribution in [-0.4, -0.2) is 31.9 Å². The van der Waals surface area contributed by atoms with Gasteiger partial charge in [-0.25, -0.2) is 12.7 Å². The van der Waals surface area contributed by atoms with Crippen molar-refractivity contribution < 1.29 is 13.5 Å². The van der Waals surface area contributed by atoms with Crippen molar-refractivity contribution in [1.29, 1.82) is 0 Å². The van der Waals surface area contributed by atoms with Crippen LogP contribution in [0.2, 0.25) is 0 Å². The first-order chi connectivity index (χ1) is 15.8. The number of aromatic hydroxyl groups is 1. The van der Waals surface area contributed by atoms with Crippen LogP contribution in [0.1, 0.15) is 22.3 Å². The summed E-state index contributed by atoms with van der Waals surface area (Å²) in [4.78, 5) is 0.272. The van der Waals surface area contributed by atoms with Crippen molar-refractivity contribution in [2.45, 2.75) is 17.7 Å². The first-order valence-electron chi connectivity index (χ1n) is 10.6. The Bertz CT molecular complexity index is 1450. The van der Waals surface area contributed by atoms with Crippen LogP contribution in [0.3, 0.4) is 0 Å². The van der Waals surface area contributed by atoms with Crippen molar-refractivity contribution >= 4 is 20.8 Å². The summed E-state index contributed by atoms with van der Waals surface area (Å²) in [7, 11) is -0.389. The number of sulfonamides is 1. The fourth-order valence-corrected chi connectivity index (χ4v) is 4.51. The second kappa shape index (κ2) is 9.50. The molecule has 0 unspecified atom stereocenters. The molecule has 0 heterocycles. The maximum absolute atomic E-state index is 12.2. The molecular weight excluding hydrogens is 430 g/mol. The number of hydrogen-bond donors (Lipinski definition) is 1. The molecule has 0 fully saturated rings. The Kier molecular flexibility index (Phi) is 6.50. The lowest BCUT2D eigenvalue weighted by molar-refractivity contribution is 0.470. The van der Waals surface area contributed by atoms with Crippen molar-refractivity contribution in [3.63, 3.8) is 0 Å². The van der Waals surface area contributed by atoms with Gasteiger partial charge in [-0.1, -0.05) is 60.4 Å². The molecule has 4 aromatic carbocycles. The molecule has 4 aromatic rings. The van der Waals surface area contributed by atoms with E-state index >= 15 is 0 Å². The third kappa shape index (κ3) is 5.25. The lowest BCUT2D eigenvalue weighted by Gasteiger charge is -2.11. The van der Waals surface area contributed by atoms with Crippen LogP contribution >= 0.6 is 0 Å². The fourth-order valence-electron chi connectivity index (χ4n) is 3.61. The molecule has 0 aliphatic rings. The third-order valence-electron chi connectivity index (χ3n) is 5.50. The molecule has 5 heteroatoms. The Morgan fingerprint density at radius 2 is 1.55 bits per heavy atom. The predicted octanol–water partition coefficient (Wildman–Crippen LogP) is 4.98. The molecular formula is C28H25NO3S. The summed E-state index contributed by atoms with van der Waals surface area (Å²) < 4.78 is 25.6. The topological polar surface area (TPSA) is 57.6 Å². The molecule has 4 rings (SSSR count). The van der Waals surface area contributed by atoms with Crippen molar-refractivity contribution in [1.82, 2.24) is 4.31 Å². The lowest BCUT2D eigenvalue weighted by atomic mass is 9.99. The summed E-state index contributed by atoms with van der Waals surface area (Å²) in [5.41, 5.74) is 3.88. The lowest BCUT2D eigenvalue weighted by Crippen LogP contribution is -2.22. The number of nitrogens with zero attached hydrogens (tertiary/aromatic N) is 1. The molecule has 0 atom stereocenters. The maximum atomic E-state index is 12.2. The summed E-state index contributed by atoms with van der Waals surface area (Å²) >= 11 is 0. The molecule has 1 N–H and O–H groups in total. The number of hydrogen-bond acceptors (Lipinski definition) is 3. The normalized spacial score (nSPS) is 11.4. The van der Waals surface area contributed by atoms with Gasteiger partial charge in [0.05, 0.1) is 4.90 Å². The van der Waals surface area contributed by atoms with E-state index in [9.17, 15) is 13.5 Å². The van der Waals surface area contributed by atoms with E-state index in [1.807, 2.05) is 54.6 Å². The maximum Gasteiger partial charge on any atom is 0.242 e. The van der Waals surface area contributed by atoms with E-state index in [0.717, 1.165) is 33.0 Å². The van der Waals surface area contributed by atoms with Gasteiger partial charge in [-0.2, -0.15) is 0 Å². The van der Waals surface area contributed by atoms with Crippen LogP contribution in [0, 0.1) is 11.8 Å². The first-order valence-corrected chi connectivity index (χ1v) is 12.1. The molecule has 0 radical (unpaired) electrons.